The molecule has 0 N–H and O–H groups in total. The lowest BCUT2D eigenvalue weighted by molar-refractivity contribution is 0.627. The summed E-state index contributed by atoms with van der Waals surface area (Å²) < 4.78 is 22.2. The zero-order valence-electron chi connectivity index (χ0n) is 10.2. The van der Waals surface area contributed by atoms with E-state index >= 15 is 0 Å². The fourth-order valence-electron chi connectivity index (χ4n) is 2.00. The summed E-state index contributed by atoms with van der Waals surface area (Å²) in [6, 6.07) is 9.65. The van der Waals surface area contributed by atoms with Crippen LogP contribution in [0.25, 0.3) is 5.57 Å². The van der Waals surface area contributed by atoms with Crippen molar-refractivity contribution in [3.8, 4) is 0 Å². The van der Waals surface area contributed by atoms with E-state index in [0.717, 1.165) is 16.7 Å². The minimum atomic E-state index is -2.19. The summed E-state index contributed by atoms with van der Waals surface area (Å²) in [5.74, 6) is 0. The molecule has 2 nitrogen and oxygen atoms in total. The van der Waals surface area contributed by atoms with E-state index in [1.807, 2.05) is 36.4 Å². The summed E-state index contributed by atoms with van der Waals surface area (Å²) >= 11 is 5.35. The van der Waals surface area contributed by atoms with Crippen molar-refractivity contribution in [2.75, 3.05) is 0 Å². The Hall–Kier alpha value is -1.52. The molecule has 1 radical (unpaired) electrons. The average molecular weight is 289 g/mol. The summed E-state index contributed by atoms with van der Waals surface area (Å²) in [4.78, 5) is 0.383. The van der Waals surface area contributed by atoms with Crippen molar-refractivity contribution in [2.45, 2.75) is 11.7 Å². The van der Waals surface area contributed by atoms with Crippen LogP contribution in [0.2, 0.25) is 0 Å². The van der Waals surface area contributed by atoms with Gasteiger partial charge in [0.25, 0.3) is 0 Å². The molecule has 0 bridgehead atoms. The van der Waals surface area contributed by atoms with Crippen molar-refractivity contribution >= 4 is 33.4 Å². The van der Waals surface area contributed by atoms with Gasteiger partial charge in [0.15, 0.2) is 0 Å². The molecule has 1 atom stereocenters. The number of hydrogen-bond acceptors (Lipinski definition) is 2. The Labute approximate surface area is 120 Å². The van der Waals surface area contributed by atoms with Crippen LogP contribution in [0.15, 0.2) is 60.7 Å². The van der Waals surface area contributed by atoms with Gasteiger partial charge in [0, 0.05) is 6.42 Å². The molecule has 4 heteroatoms. The largest absolute Gasteiger partial charge is 0.217 e. The first-order valence-electron chi connectivity index (χ1n) is 5.84. The lowest BCUT2D eigenvalue weighted by Crippen LogP contribution is -2.10. The molecular formula is C15H13O2S2. The van der Waals surface area contributed by atoms with Crippen LogP contribution >= 0.6 is 12.6 Å². The third-order valence-electron chi connectivity index (χ3n) is 2.96. The van der Waals surface area contributed by atoms with Gasteiger partial charge in [-0.25, -0.2) is 0 Å². The fraction of sp³-hybridized carbons (Fsp3) is 0.133. The van der Waals surface area contributed by atoms with E-state index in [9.17, 15) is 8.42 Å². The predicted molar refractivity (Wildman–Crippen MR) is 82.6 cm³/mol. The zero-order chi connectivity index (χ0) is 13.8. The molecule has 1 unspecified atom stereocenters. The monoisotopic (exact) mass is 289 g/mol. The minimum Gasteiger partial charge on any atom is -0.184 e. The van der Waals surface area contributed by atoms with Gasteiger partial charge in [-0.1, -0.05) is 55.1 Å². The van der Waals surface area contributed by atoms with Gasteiger partial charge in [0.1, 0.15) is 0 Å². The molecule has 0 amide bonds. The van der Waals surface area contributed by atoms with Crippen molar-refractivity contribution in [2.24, 2.45) is 0 Å². The van der Waals surface area contributed by atoms with Gasteiger partial charge in [-0.2, -0.15) is 8.42 Å². The Balaban J connectivity index is 2.57. The third-order valence-corrected chi connectivity index (χ3v) is 4.12. The number of rotatable bonds is 3. The summed E-state index contributed by atoms with van der Waals surface area (Å²) in [6.45, 7) is 3.72. The molecule has 0 aromatic heterocycles. The van der Waals surface area contributed by atoms with E-state index in [-0.39, 0.29) is 5.25 Å². The summed E-state index contributed by atoms with van der Waals surface area (Å²) in [5, 5.41) is -0.215. The second-order valence-electron chi connectivity index (χ2n) is 4.14. The Morgan fingerprint density at radius 1 is 1.26 bits per heavy atom. The highest BCUT2D eigenvalue weighted by Crippen LogP contribution is 2.31. The highest BCUT2D eigenvalue weighted by atomic mass is 32.2. The third kappa shape index (κ3) is 3.08. The fourth-order valence-corrected chi connectivity index (χ4v) is 2.66. The molecule has 19 heavy (non-hydrogen) atoms. The average Bonchev–Trinajstić information content (AvgIpc) is 2.46. The maximum atomic E-state index is 11.1. The highest BCUT2D eigenvalue weighted by Gasteiger charge is 2.18. The zero-order valence-corrected chi connectivity index (χ0v) is 11.9. The van der Waals surface area contributed by atoms with Gasteiger partial charge in [0.05, 0.1) is 10.1 Å². The summed E-state index contributed by atoms with van der Waals surface area (Å²) in [6.07, 6.45) is 5.67. The van der Waals surface area contributed by atoms with Crippen LogP contribution in [-0.4, -0.2) is 18.5 Å². The van der Waals surface area contributed by atoms with E-state index in [4.69, 9.17) is 12.6 Å². The molecule has 1 aromatic carbocycles. The molecule has 0 spiro atoms. The van der Waals surface area contributed by atoms with Crippen molar-refractivity contribution in [3.63, 3.8) is 0 Å². The Morgan fingerprint density at radius 2 is 1.95 bits per heavy atom. The van der Waals surface area contributed by atoms with Crippen molar-refractivity contribution in [1.29, 1.82) is 0 Å². The maximum absolute atomic E-state index is 11.1. The van der Waals surface area contributed by atoms with Crippen LogP contribution in [0.5, 0.6) is 0 Å². The van der Waals surface area contributed by atoms with E-state index in [0.29, 0.717) is 11.3 Å². The summed E-state index contributed by atoms with van der Waals surface area (Å²) in [7, 11) is -2.19. The van der Waals surface area contributed by atoms with E-state index in [1.54, 1.807) is 12.2 Å². The van der Waals surface area contributed by atoms with Crippen molar-refractivity contribution in [1.82, 2.24) is 0 Å². The molecule has 0 aliphatic heterocycles. The predicted octanol–water partition coefficient (Wildman–Crippen LogP) is 3.20. The van der Waals surface area contributed by atoms with Crippen LogP contribution in [0, 0.1) is 0 Å². The first-order chi connectivity index (χ1) is 9.13. The van der Waals surface area contributed by atoms with Crippen LogP contribution in [-0.2, 0) is 10.3 Å². The normalized spacial score (nSPS) is 16.4. The SMILES string of the molecule is C=CC([S])C1=CCC(=S(=O)=O)C=C1c1ccccc1. The Morgan fingerprint density at radius 3 is 2.53 bits per heavy atom. The molecule has 0 saturated carbocycles. The van der Waals surface area contributed by atoms with Crippen molar-refractivity contribution in [3.05, 3.63) is 66.3 Å². The van der Waals surface area contributed by atoms with E-state index < -0.39 is 10.3 Å². The van der Waals surface area contributed by atoms with Crippen LogP contribution in [0.4, 0.5) is 0 Å². The molecule has 1 aromatic rings. The quantitative estimate of drug-likeness (QED) is 0.632. The number of benzene rings is 1. The molecule has 1 aliphatic rings. The molecule has 0 fully saturated rings. The van der Waals surface area contributed by atoms with Crippen LogP contribution in [0.1, 0.15) is 12.0 Å². The summed E-state index contributed by atoms with van der Waals surface area (Å²) in [5.41, 5.74) is 2.78. The van der Waals surface area contributed by atoms with Crippen molar-refractivity contribution < 1.29 is 8.42 Å². The minimum absolute atomic E-state index is 0.215. The topological polar surface area (TPSA) is 34.1 Å². The number of allylic oxidation sites excluding steroid dienone is 3. The van der Waals surface area contributed by atoms with Gasteiger partial charge in [-0.3, -0.25) is 0 Å². The van der Waals surface area contributed by atoms with Crippen LogP contribution in [0.3, 0.4) is 0 Å². The molecular weight excluding hydrogens is 276 g/mol. The van der Waals surface area contributed by atoms with Gasteiger partial charge in [0.2, 0.25) is 10.3 Å². The van der Waals surface area contributed by atoms with Gasteiger partial charge in [-0.05, 0) is 22.8 Å². The molecule has 0 heterocycles. The standard InChI is InChI=1S/C15H13O2S2/c1-2-15(18)13-9-8-12(19(16)17)10-14(13)11-6-4-3-5-7-11/h2-7,9-10,15H,1,8H2. The molecule has 1 aliphatic carbocycles. The highest BCUT2D eigenvalue weighted by molar-refractivity contribution is 7.81. The van der Waals surface area contributed by atoms with Gasteiger partial charge in [-0.15, -0.1) is 6.58 Å². The maximum Gasteiger partial charge on any atom is 0.217 e. The van der Waals surface area contributed by atoms with Gasteiger partial charge >= 0.3 is 0 Å². The first-order valence-corrected chi connectivity index (χ1v) is 7.39. The van der Waals surface area contributed by atoms with E-state index in [1.165, 1.54) is 0 Å². The lowest BCUT2D eigenvalue weighted by Gasteiger charge is -2.19. The Kier molecular flexibility index (Phi) is 4.45. The molecule has 97 valence electrons. The molecule has 2 rings (SSSR count). The number of hydrogen-bond donors (Lipinski definition) is 0. The van der Waals surface area contributed by atoms with Gasteiger partial charge < -0.3 is 0 Å². The smallest absolute Gasteiger partial charge is 0.184 e. The van der Waals surface area contributed by atoms with Crippen LogP contribution < -0.4 is 0 Å². The Bertz CT molecular complexity index is 672. The second kappa shape index (κ2) is 6.08. The second-order valence-corrected chi connectivity index (χ2v) is 5.65. The lowest BCUT2D eigenvalue weighted by atomic mass is 9.89. The first kappa shape index (κ1) is 13.9. The molecule has 0 saturated heterocycles. The van der Waals surface area contributed by atoms with E-state index in [2.05, 4.69) is 6.58 Å².